The second-order valence-corrected chi connectivity index (χ2v) is 6.20. The maximum Gasteiger partial charge on any atom is 0.148 e. The number of hydrogen-bond donors (Lipinski definition) is 3. The number of nitrogens with zero attached hydrogens (tertiary/aromatic N) is 2. The van der Waals surface area contributed by atoms with Crippen LogP contribution in [0.25, 0.3) is 0 Å². The summed E-state index contributed by atoms with van der Waals surface area (Å²) in [6.45, 7) is 4.17. The maximum absolute atomic E-state index is 5.59. The maximum atomic E-state index is 5.59. The highest BCUT2D eigenvalue weighted by Crippen LogP contribution is 2.46. The SMILES string of the molecule is CCCc1nc(NN)c(C)c(NC(C2CC2)C2CC2)n1. The number of nitrogens with one attached hydrogen (secondary N) is 2. The van der Waals surface area contributed by atoms with Crippen LogP contribution in [0.4, 0.5) is 11.6 Å². The van der Waals surface area contributed by atoms with Crippen molar-refractivity contribution in [3.8, 4) is 0 Å². The number of hydrogen-bond acceptors (Lipinski definition) is 5. The number of nitrogens with two attached hydrogens (primary N) is 1. The molecule has 5 nitrogen and oxygen atoms in total. The zero-order chi connectivity index (χ0) is 14.1. The molecule has 0 amide bonds. The van der Waals surface area contributed by atoms with E-state index in [1.165, 1.54) is 25.7 Å². The standard InChI is InChI=1S/C15H25N5/c1-3-4-12-17-14(9(2)15(18-12)20-16)19-13(10-5-6-10)11-7-8-11/h10-11,13H,3-8,16H2,1-2H3,(H2,17,18,19,20). The van der Waals surface area contributed by atoms with Gasteiger partial charge in [-0.2, -0.15) is 0 Å². The average Bonchev–Trinajstić information content (AvgIpc) is 3.31. The summed E-state index contributed by atoms with van der Waals surface area (Å²) in [6.07, 6.45) is 7.39. The van der Waals surface area contributed by atoms with Gasteiger partial charge in [0, 0.05) is 18.0 Å². The van der Waals surface area contributed by atoms with Crippen molar-refractivity contribution in [2.45, 2.75) is 58.4 Å². The van der Waals surface area contributed by atoms with E-state index in [-0.39, 0.29) is 0 Å². The zero-order valence-electron chi connectivity index (χ0n) is 12.4. The molecule has 1 aromatic heterocycles. The molecule has 0 saturated heterocycles. The molecular formula is C15H25N5. The van der Waals surface area contributed by atoms with Crippen LogP contribution in [0.2, 0.25) is 0 Å². The highest BCUT2D eigenvalue weighted by Gasteiger charge is 2.41. The summed E-state index contributed by atoms with van der Waals surface area (Å²) >= 11 is 0. The van der Waals surface area contributed by atoms with Gasteiger partial charge in [-0.15, -0.1) is 0 Å². The fourth-order valence-electron chi connectivity index (χ4n) is 2.87. The van der Waals surface area contributed by atoms with Crippen molar-refractivity contribution in [3.63, 3.8) is 0 Å². The molecule has 20 heavy (non-hydrogen) atoms. The Morgan fingerprint density at radius 2 is 1.75 bits per heavy atom. The largest absolute Gasteiger partial charge is 0.366 e. The molecule has 0 aromatic carbocycles. The second-order valence-electron chi connectivity index (χ2n) is 6.20. The van der Waals surface area contributed by atoms with Gasteiger partial charge >= 0.3 is 0 Å². The molecule has 110 valence electrons. The van der Waals surface area contributed by atoms with Crippen LogP contribution in [0.3, 0.4) is 0 Å². The molecule has 2 fully saturated rings. The van der Waals surface area contributed by atoms with Crippen LogP contribution >= 0.6 is 0 Å². The van der Waals surface area contributed by atoms with Crippen molar-refractivity contribution in [2.24, 2.45) is 17.7 Å². The van der Waals surface area contributed by atoms with Crippen molar-refractivity contribution < 1.29 is 0 Å². The van der Waals surface area contributed by atoms with Gasteiger partial charge in [0.15, 0.2) is 0 Å². The van der Waals surface area contributed by atoms with Gasteiger partial charge in [0.2, 0.25) is 0 Å². The molecular weight excluding hydrogens is 250 g/mol. The Morgan fingerprint density at radius 3 is 2.25 bits per heavy atom. The molecule has 0 atom stereocenters. The smallest absolute Gasteiger partial charge is 0.148 e. The predicted octanol–water partition coefficient (Wildman–Crippen LogP) is 2.62. The quantitative estimate of drug-likeness (QED) is 0.527. The van der Waals surface area contributed by atoms with Gasteiger partial charge in [0.1, 0.15) is 17.5 Å². The molecule has 0 bridgehead atoms. The third-order valence-electron chi connectivity index (χ3n) is 4.37. The molecule has 2 aliphatic rings. The minimum atomic E-state index is 0.601. The number of hydrazine groups is 1. The zero-order valence-corrected chi connectivity index (χ0v) is 12.4. The Labute approximate surface area is 120 Å². The van der Waals surface area contributed by atoms with Crippen LogP contribution in [-0.4, -0.2) is 16.0 Å². The topological polar surface area (TPSA) is 75.9 Å². The molecule has 4 N–H and O–H groups in total. The van der Waals surface area contributed by atoms with E-state index >= 15 is 0 Å². The molecule has 0 spiro atoms. The van der Waals surface area contributed by atoms with Crippen molar-refractivity contribution in [1.29, 1.82) is 0 Å². The van der Waals surface area contributed by atoms with Crippen LogP contribution in [0.5, 0.6) is 0 Å². The summed E-state index contributed by atoms with van der Waals surface area (Å²) < 4.78 is 0. The number of anilines is 2. The van der Waals surface area contributed by atoms with Gasteiger partial charge in [-0.25, -0.2) is 15.8 Å². The Bertz CT molecular complexity index is 467. The highest BCUT2D eigenvalue weighted by atomic mass is 15.3. The number of rotatable bonds is 7. The normalized spacial score (nSPS) is 18.4. The van der Waals surface area contributed by atoms with E-state index in [4.69, 9.17) is 10.8 Å². The van der Waals surface area contributed by atoms with E-state index in [1.54, 1.807) is 0 Å². The molecule has 0 unspecified atom stereocenters. The lowest BCUT2D eigenvalue weighted by molar-refractivity contribution is 0.564. The van der Waals surface area contributed by atoms with Crippen LogP contribution in [0.15, 0.2) is 0 Å². The van der Waals surface area contributed by atoms with Crippen LogP contribution in [0.1, 0.15) is 50.4 Å². The summed E-state index contributed by atoms with van der Waals surface area (Å²) in [5, 5.41) is 3.70. The van der Waals surface area contributed by atoms with Gasteiger partial charge < -0.3 is 10.7 Å². The lowest BCUT2D eigenvalue weighted by Crippen LogP contribution is -2.26. The molecule has 0 radical (unpaired) electrons. The monoisotopic (exact) mass is 275 g/mol. The molecule has 5 heteroatoms. The van der Waals surface area contributed by atoms with Crippen molar-refractivity contribution >= 4 is 11.6 Å². The number of nitrogen functional groups attached to an aromatic ring is 1. The van der Waals surface area contributed by atoms with E-state index in [0.29, 0.717) is 6.04 Å². The Kier molecular flexibility index (Phi) is 3.78. The molecule has 1 aromatic rings. The van der Waals surface area contributed by atoms with Crippen molar-refractivity contribution in [1.82, 2.24) is 9.97 Å². The Hall–Kier alpha value is -1.36. The first-order valence-corrected chi connectivity index (χ1v) is 7.83. The molecule has 0 aliphatic heterocycles. The summed E-state index contributed by atoms with van der Waals surface area (Å²) in [6, 6.07) is 0.601. The first-order chi connectivity index (χ1) is 9.72. The van der Waals surface area contributed by atoms with Gasteiger partial charge in [0.05, 0.1) is 0 Å². The Balaban J connectivity index is 1.84. The number of aromatic nitrogens is 2. The van der Waals surface area contributed by atoms with Crippen LogP contribution in [-0.2, 0) is 6.42 Å². The Morgan fingerprint density at radius 1 is 1.15 bits per heavy atom. The molecule has 2 aliphatic carbocycles. The van der Waals surface area contributed by atoms with Gasteiger partial charge in [-0.05, 0) is 50.9 Å². The summed E-state index contributed by atoms with van der Waals surface area (Å²) in [5.74, 6) is 9.88. The summed E-state index contributed by atoms with van der Waals surface area (Å²) in [4.78, 5) is 9.20. The van der Waals surface area contributed by atoms with Crippen molar-refractivity contribution in [2.75, 3.05) is 10.7 Å². The average molecular weight is 275 g/mol. The first kappa shape index (κ1) is 13.6. The first-order valence-electron chi connectivity index (χ1n) is 7.83. The van der Waals surface area contributed by atoms with E-state index in [9.17, 15) is 0 Å². The van der Waals surface area contributed by atoms with E-state index in [0.717, 1.165) is 47.7 Å². The van der Waals surface area contributed by atoms with Gasteiger partial charge in [0.25, 0.3) is 0 Å². The van der Waals surface area contributed by atoms with E-state index < -0.39 is 0 Å². The summed E-state index contributed by atoms with van der Waals surface area (Å²) in [7, 11) is 0. The predicted molar refractivity (Wildman–Crippen MR) is 81.4 cm³/mol. The lowest BCUT2D eigenvalue weighted by atomic mass is 10.1. The van der Waals surface area contributed by atoms with E-state index in [1.807, 2.05) is 6.92 Å². The second kappa shape index (κ2) is 5.56. The van der Waals surface area contributed by atoms with Crippen molar-refractivity contribution in [3.05, 3.63) is 11.4 Å². The van der Waals surface area contributed by atoms with Gasteiger partial charge in [-0.1, -0.05) is 6.92 Å². The fourth-order valence-corrected chi connectivity index (χ4v) is 2.87. The molecule has 2 saturated carbocycles. The third-order valence-corrected chi connectivity index (χ3v) is 4.37. The minimum absolute atomic E-state index is 0.601. The lowest BCUT2D eigenvalue weighted by Gasteiger charge is -2.21. The van der Waals surface area contributed by atoms with Crippen LogP contribution in [0, 0.1) is 18.8 Å². The molecule has 1 heterocycles. The number of aryl methyl sites for hydroxylation is 1. The molecule has 3 rings (SSSR count). The summed E-state index contributed by atoms with van der Waals surface area (Å²) in [5.41, 5.74) is 3.73. The fraction of sp³-hybridized carbons (Fsp3) is 0.733. The highest BCUT2D eigenvalue weighted by molar-refractivity contribution is 5.57. The minimum Gasteiger partial charge on any atom is -0.366 e. The van der Waals surface area contributed by atoms with E-state index in [2.05, 4.69) is 22.7 Å². The van der Waals surface area contributed by atoms with Gasteiger partial charge in [-0.3, -0.25) is 0 Å². The third kappa shape index (κ3) is 2.87. The van der Waals surface area contributed by atoms with Crippen LogP contribution < -0.4 is 16.6 Å².